The zero-order valence-electron chi connectivity index (χ0n) is 21.4. The summed E-state index contributed by atoms with van der Waals surface area (Å²) >= 11 is 0. The molecule has 0 bridgehead atoms. The second-order valence-electron chi connectivity index (χ2n) is 9.20. The molecule has 2 amide bonds. The van der Waals surface area contributed by atoms with Gasteiger partial charge < -0.3 is 15.0 Å². The van der Waals surface area contributed by atoms with Gasteiger partial charge in [-0.3, -0.25) is 13.9 Å². The first-order valence-corrected chi connectivity index (χ1v) is 14.4. The van der Waals surface area contributed by atoms with E-state index < -0.39 is 28.5 Å². The van der Waals surface area contributed by atoms with E-state index in [1.165, 1.54) is 11.3 Å². The minimum atomic E-state index is -3.82. The van der Waals surface area contributed by atoms with E-state index in [2.05, 4.69) is 5.32 Å². The summed E-state index contributed by atoms with van der Waals surface area (Å²) in [6.07, 6.45) is 6.25. The fourth-order valence-corrected chi connectivity index (χ4v) is 5.32. The van der Waals surface area contributed by atoms with Gasteiger partial charge >= 0.3 is 0 Å². The molecule has 1 aliphatic carbocycles. The first-order valence-electron chi connectivity index (χ1n) is 12.5. The van der Waals surface area contributed by atoms with E-state index in [9.17, 15) is 18.0 Å². The smallest absolute Gasteiger partial charge is 0.244 e. The number of para-hydroxylation sites is 2. The number of carbonyl (C=O) groups is 2. The van der Waals surface area contributed by atoms with Crippen LogP contribution in [0.15, 0.2) is 54.6 Å². The standard InChI is InChI=1S/C27H37N3O5S/c1-4-35-25-18-12-11-17-24(25)30(36(3,33)34)20-26(31)29(19-22-13-7-5-8-14-22)21(2)27(32)28-23-15-9-6-10-16-23/h5,7-8,11-14,17-18,21,23H,4,6,9-10,15-16,19-20H2,1-3H3,(H,28,32)/t21-/m0/s1. The van der Waals surface area contributed by atoms with Gasteiger partial charge in [0.1, 0.15) is 18.3 Å². The molecular formula is C27H37N3O5S. The third-order valence-electron chi connectivity index (χ3n) is 6.43. The van der Waals surface area contributed by atoms with E-state index in [-0.39, 0.29) is 24.2 Å². The molecule has 0 aromatic heterocycles. The molecule has 3 rings (SSSR count). The van der Waals surface area contributed by atoms with Gasteiger partial charge in [0.05, 0.1) is 18.6 Å². The van der Waals surface area contributed by atoms with Gasteiger partial charge in [0.25, 0.3) is 0 Å². The highest BCUT2D eigenvalue weighted by Gasteiger charge is 2.32. The Morgan fingerprint density at radius 3 is 2.31 bits per heavy atom. The fraction of sp³-hybridized carbons (Fsp3) is 0.481. The van der Waals surface area contributed by atoms with Gasteiger partial charge in [-0.25, -0.2) is 8.42 Å². The molecule has 2 aromatic rings. The Labute approximate surface area is 214 Å². The van der Waals surface area contributed by atoms with Gasteiger partial charge in [-0.2, -0.15) is 0 Å². The summed E-state index contributed by atoms with van der Waals surface area (Å²) in [6, 6.07) is 15.4. The number of nitrogens with zero attached hydrogens (tertiary/aromatic N) is 2. The first-order chi connectivity index (χ1) is 17.2. The van der Waals surface area contributed by atoms with Crippen LogP contribution < -0.4 is 14.4 Å². The van der Waals surface area contributed by atoms with Crippen molar-refractivity contribution < 1.29 is 22.7 Å². The second kappa shape index (κ2) is 12.8. The van der Waals surface area contributed by atoms with Crippen LogP contribution in [0.5, 0.6) is 5.75 Å². The molecule has 0 radical (unpaired) electrons. The van der Waals surface area contributed by atoms with Gasteiger partial charge in [0.2, 0.25) is 21.8 Å². The fourth-order valence-electron chi connectivity index (χ4n) is 4.47. The lowest BCUT2D eigenvalue weighted by Crippen LogP contribution is -2.53. The monoisotopic (exact) mass is 515 g/mol. The number of hydrogen-bond donors (Lipinski definition) is 1. The molecule has 0 unspecified atom stereocenters. The predicted molar refractivity (Wildman–Crippen MR) is 141 cm³/mol. The molecule has 8 nitrogen and oxygen atoms in total. The lowest BCUT2D eigenvalue weighted by Gasteiger charge is -2.33. The maximum atomic E-state index is 13.7. The normalized spacial score (nSPS) is 15.1. The molecule has 0 spiro atoms. The maximum absolute atomic E-state index is 13.7. The predicted octanol–water partition coefficient (Wildman–Crippen LogP) is 3.72. The first kappa shape index (κ1) is 27.5. The minimum absolute atomic E-state index is 0.105. The molecule has 36 heavy (non-hydrogen) atoms. The van der Waals surface area contributed by atoms with Gasteiger partial charge in [-0.15, -0.1) is 0 Å². The molecule has 1 atom stereocenters. The van der Waals surface area contributed by atoms with Crippen LogP contribution in [0.4, 0.5) is 5.69 Å². The average Bonchev–Trinajstić information content (AvgIpc) is 2.86. The van der Waals surface area contributed by atoms with E-state index in [1.807, 2.05) is 30.3 Å². The summed E-state index contributed by atoms with van der Waals surface area (Å²) in [5, 5.41) is 3.10. The molecule has 196 valence electrons. The summed E-state index contributed by atoms with van der Waals surface area (Å²) < 4.78 is 32.3. The lowest BCUT2D eigenvalue weighted by atomic mass is 9.95. The van der Waals surface area contributed by atoms with Crippen LogP contribution >= 0.6 is 0 Å². The van der Waals surface area contributed by atoms with Crippen molar-refractivity contribution in [3.8, 4) is 5.75 Å². The highest BCUT2D eigenvalue weighted by molar-refractivity contribution is 7.92. The van der Waals surface area contributed by atoms with Crippen molar-refractivity contribution >= 4 is 27.5 Å². The Kier molecular flexibility index (Phi) is 9.75. The van der Waals surface area contributed by atoms with Crippen LogP contribution in [-0.2, 0) is 26.2 Å². The highest BCUT2D eigenvalue weighted by atomic mass is 32.2. The second-order valence-corrected chi connectivity index (χ2v) is 11.1. The van der Waals surface area contributed by atoms with Crippen LogP contribution in [0.2, 0.25) is 0 Å². The maximum Gasteiger partial charge on any atom is 0.244 e. The van der Waals surface area contributed by atoms with E-state index in [4.69, 9.17) is 4.74 Å². The van der Waals surface area contributed by atoms with E-state index in [1.54, 1.807) is 38.1 Å². The van der Waals surface area contributed by atoms with Gasteiger partial charge in [0.15, 0.2) is 0 Å². The van der Waals surface area contributed by atoms with Crippen molar-refractivity contribution in [2.45, 2.75) is 64.6 Å². The van der Waals surface area contributed by atoms with E-state index in [0.29, 0.717) is 12.4 Å². The Morgan fingerprint density at radius 2 is 1.67 bits per heavy atom. The third-order valence-corrected chi connectivity index (χ3v) is 7.55. The van der Waals surface area contributed by atoms with Crippen LogP contribution in [-0.4, -0.2) is 56.6 Å². The molecule has 1 saturated carbocycles. The molecule has 0 heterocycles. The van der Waals surface area contributed by atoms with Crippen LogP contribution in [0.3, 0.4) is 0 Å². The number of sulfonamides is 1. The Hall–Kier alpha value is -3.07. The summed E-state index contributed by atoms with van der Waals surface area (Å²) in [5.41, 5.74) is 1.14. The molecule has 1 aliphatic rings. The van der Waals surface area contributed by atoms with Crippen LogP contribution in [0, 0.1) is 0 Å². The highest BCUT2D eigenvalue weighted by Crippen LogP contribution is 2.30. The van der Waals surface area contributed by atoms with Crippen molar-refractivity contribution in [1.29, 1.82) is 0 Å². The van der Waals surface area contributed by atoms with Crippen LogP contribution in [0.1, 0.15) is 51.5 Å². The lowest BCUT2D eigenvalue weighted by molar-refractivity contribution is -0.139. The molecule has 0 aliphatic heterocycles. The number of anilines is 1. The zero-order valence-corrected chi connectivity index (χ0v) is 22.2. The summed E-state index contributed by atoms with van der Waals surface area (Å²) in [4.78, 5) is 28.3. The Morgan fingerprint density at radius 1 is 1.03 bits per heavy atom. The molecule has 9 heteroatoms. The topological polar surface area (TPSA) is 96.0 Å². The summed E-state index contributed by atoms with van der Waals surface area (Å²) in [6.45, 7) is 3.58. The Bertz CT molecular complexity index is 1120. The number of ether oxygens (including phenoxy) is 1. The third kappa shape index (κ3) is 7.46. The number of hydrogen-bond acceptors (Lipinski definition) is 5. The van der Waals surface area contributed by atoms with Gasteiger partial charge in [0, 0.05) is 12.6 Å². The number of rotatable bonds is 11. The number of benzene rings is 2. The quantitative estimate of drug-likeness (QED) is 0.492. The largest absolute Gasteiger partial charge is 0.492 e. The SMILES string of the molecule is CCOc1ccccc1N(CC(=O)N(Cc1ccccc1)[C@@H](C)C(=O)NC1CCCCC1)S(C)(=O)=O. The zero-order chi connectivity index (χ0) is 26.1. The average molecular weight is 516 g/mol. The summed E-state index contributed by atoms with van der Waals surface area (Å²) in [5.74, 6) is -0.329. The van der Waals surface area contributed by atoms with Crippen molar-refractivity contribution in [1.82, 2.24) is 10.2 Å². The molecular weight excluding hydrogens is 478 g/mol. The molecule has 1 fully saturated rings. The number of nitrogens with one attached hydrogen (secondary N) is 1. The molecule has 1 N–H and O–H groups in total. The number of carbonyl (C=O) groups excluding carboxylic acids is 2. The Balaban J connectivity index is 1.88. The van der Waals surface area contributed by atoms with Crippen molar-refractivity contribution in [2.24, 2.45) is 0 Å². The summed E-state index contributed by atoms with van der Waals surface area (Å²) in [7, 11) is -3.82. The van der Waals surface area contributed by atoms with E-state index >= 15 is 0 Å². The molecule has 2 aromatic carbocycles. The van der Waals surface area contributed by atoms with Crippen molar-refractivity contribution in [3.63, 3.8) is 0 Å². The van der Waals surface area contributed by atoms with Crippen LogP contribution in [0.25, 0.3) is 0 Å². The van der Waals surface area contributed by atoms with Gasteiger partial charge in [-0.1, -0.05) is 61.7 Å². The minimum Gasteiger partial charge on any atom is -0.492 e. The van der Waals surface area contributed by atoms with E-state index in [0.717, 1.165) is 41.8 Å². The molecule has 0 saturated heterocycles. The van der Waals surface area contributed by atoms with Gasteiger partial charge in [-0.05, 0) is 44.4 Å². The van der Waals surface area contributed by atoms with Crippen molar-refractivity contribution in [2.75, 3.05) is 23.7 Å². The number of amides is 2. The van der Waals surface area contributed by atoms with Crippen molar-refractivity contribution in [3.05, 3.63) is 60.2 Å².